The van der Waals surface area contributed by atoms with E-state index in [4.69, 9.17) is 0 Å². The average molecular weight is 448 g/mol. The second-order valence-corrected chi connectivity index (χ2v) is 8.18. The predicted molar refractivity (Wildman–Crippen MR) is 121 cm³/mol. The number of piperazine rings is 1. The van der Waals surface area contributed by atoms with E-state index in [0.717, 1.165) is 44.2 Å². The first-order valence-electron chi connectivity index (χ1n) is 10.2. The van der Waals surface area contributed by atoms with Crippen molar-refractivity contribution in [3.8, 4) is 5.69 Å². The van der Waals surface area contributed by atoms with Crippen LogP contribution >= 0.6 is 11.3 Å². The number of para-hydroxylation sites is 1. The Labute approximate surface area is 188 Å². The molecule has 3 aromatic heterocycles. The summed E-state index contributed by atoms with van der Waals surface area (Å²) in [6.45, 7) is 4.49. The third kappa shape index (κ3) is 4.48. The topological polar surface area (TPSA) is 105 Å². The van der Waals surface area contributed by atoms with Gasteiger partial charge in [0.1, 0.15) is 12.1 Å². The summed E-state index contributed by atoms with van der Waals surface area (Å²) in [5.41, 5.74) is 2.03. The Morgan fingerprint density at radius 2 is 1.91 bits per heavy atom. The number of pyridine rings is 1. The molecule has 0 unspecified atom stereocenters. The molecular formula is C21H21N9OS. The molecule has 0 radical (unpaired) electrons. The van der Waals surface area contributed by atoms with Crippen molar-refractivity contribution in [3.63, 3.8) is 0 Å². The molecule has 10 nitrogen and oxygen atoms in total. The third-order valence-corrected chi connectivity index (χ3v) is 6.05. The lowest BCUT2D eigenvalue weighted by Crippen LogP contribution is -2.46. The molecule has 1 saturated heterocycles. The SMILES string of the molecule is O=C(Nc1nc(CN2CCN(c3ccccn3)CC2)cs1)c1ccccc1-n1cnnn1. The van der Waals surface area contributed by atoms with Crippen LogP contribution in [0.15, 0.2) is 60.4 Å². The van der Waals surface area contributed by atoms with Crippen LogP contribution in [-0.2, 0) is 6.54 Å². The molecule has 32 heavy (non-hydrogen) atoms. The number of hydrogen-bond donors (Lipinski definition) is 1. The number of anilines is 2. The second kappa shape index (κ2) is 9.20. The van der Waals surface area contributed by atoms with Crippen LogP contribution in [0, 0.1) is 0 Å². The molecule has 1 aliphatic heterocycles. The Balaban J connectivity index is 1.19. The molecule has 11 heteroatoms. The maximum absolute atomic E-state index is 12.9. The smallest absolute Gasteiger partial charge is 0.259 e. The van der Waals surface area contributed by atoms with Crippen LogP contribution in [-0.4, -0.2) is 67.2 Å². The summed E-state index contributed by atoms with van der Waals surface area (Å²) in [5, 5.41) is 16.6. The fraction of sp³-hybridized carbons (Fsp3) is 0.238. The first-order chi connectivity index (χ1) is 15.8. The van der Waals surface area contributed by atoms with Gasteiger partial charge in [0.2, 0.25) is 0 Å². The highest BCUT2D eigenvalue weighted by molar-refractivity contribution is 7.14. The van der Waals surface area contributed by atoms with Gasteiger partial charge in [-0.2, -0.15) is 4.68 Å². The van der Waals surface area contributed by atoms with Crippen molar-refractivity contribution in [2.24, 2.45) is 0 Å². The van der Waals surface area contributed by atoms with Gasteiger partial charge in [-0.3, -0.25) is 15.0 Å². The zero-order valence-electron chi connectivity index (χ0n) is 17.2. The van der Waals surface area contributed by atoms with Crippen molar-refractivity contribution in [2.75, 3.05) is 36.4 Å². The normalized spacial score (nSPS) is 14.4. The largest absolute Gasteiger partial charge is 0.354 e. The fourth-order valence-electron chi connectivity index (χ4n) is 3.64. The van der Waals surface area contributed by atoms with E-state index < -0.39 is 0 Å². The van der Waals surface area contributed by atoms with E-state index >= 15 is 0 Å². The van der Waals surface area contributed by atoms with Crippen LogP contribution in [0.4, 0.5) is 10.9 Å². The lowest BCUT2D eigenvalue weighted by molar-refractivity contribution is 0.102. The van der Waals surface area contributed by atoms with E-state index in [9.17, 15) is 4.79 Å². The van der Waals surface area contributed by atoms with Gasteiger partial charge in [-0.15, -0.1) is 16.4 Å². The molecule has 1 aromatic carbocycles. The molecule has 1 aliphatic rings. The van der Waals surface area contributed by atoms with E-state index in [-0.39, 0.29) is 5.91 Å². The van der Waals surface area contributed by atoms with Gasteiger partial charge in [-0.1, -0.05) is 18.2 Å². The van der Waals surface area contributed by atoms with Crippen molar-refractivity contribution in [1.82, 2.24) is 35.1 Å². The summed E-state index contributed by atoms with van der Waals surface area (Å²) < 4.78 is 1.47. The highest BCUT2D eigenvalue weighted by Gasteiger charge is 2.19. The summed E-state index contributed by atoms with van der Waals surface area (Å²) in [4.78, 5) is 26.6. The molecule has 0 aliphatic carbocycles. The molecule has 5 rings (SSSR count). The highest BCUT2D eigenvalue weighted by Crippen LogP contribution is 2.21. The van der Waals surface area contributed by atoms with Crippen LogP contribution in [0.1, 0.15) is 16.1 Å². The van der Waals surface area contributed by atoms with Crippen LogP contribution in [0.5, 0.6) is 0 Å². The highest BCUT2D eigenvalue weighted by atomic mass is 32.1. The number of aromatic nitrogens is 6. The number of carbonyl (C=O) groups excluding carboxylic acids is 1. The molecular weight excluding hydrogens is 426 g/mol. The van der Waals surface area contributed by atoms with Gasteiger partial charge < -0.3 is 4.90 Å². The van der Waals surface area contributed by atoms with Gasteiger partial charge in [0.25, 0.3) is 5.91 Å². The summed E-state index contributed by atoms with van der Waals surface area (Å²) in [7, 11) is 0. The molecule has 162 valence electrons. The Morgan fingerprint density at radius 1 is 1.06 bits per heavy atom. The van der Waals surface area contributed by atoms with E-state index in [1.165, 1.54) is 22.3 Å². The number of hydrogen-bond acceptors (Lipinski definition) is 9. The van der Waals surface area contributed by atoms with Crippen molar-refractivity contribution in [2.45, 2.75) is 6.54 Å². The first-order valence-corrected chi connectivity index (χ1v) is 11.1. The summed E-state index contributed by atoms with van der Waals surface area (Å²) >= 11 is 1.42. The van der Waals surface area contributed by atoms with Gasteiger partial charge in [-0.25, -0.2) is 9.97 Å². The van der Waals surface area contributed by atoms with Crippen molar-refractivity contribution >= 4 is 28.2 Å². The number of nitrogens with zero attached hydrogens (tertiary/aromatic N) is 8. The predicted octanol–water partition coefficient (Wildman–Crippen LogP) is 2.09. The molecule has 4 aromatic rings. The van der Waals surface area contributed by atoms with E-state index in [0.29, 0.717) is 16.4 Å². The molecule has 1 amide bonds. The maximum atomic E-state index is 12.9. The number of amides is 1. The van der Waals surface area contributed by atoms with Crippen LogP contribution in [0.25, 0.3) is 5.69 Å². The van der Waals surface area contributed by atoms with Crippen molar-refractivity contribution in [3.05, 3.63) is 71.6 Å². The van der Waals surface area contributed by atoms with Gasteiger partial charge >= 0.3 is 0 Å². The minimum absolute atomic E-state index is 0.249. The Kier molecular flexibility index (Phi) is 5.81. The van der Waals surface area contributed by atoms with Crippen LogP contribution in [0.3, 0.4) is 0 Å². The summed E-state index contributed by atoms with van der Waals surface area (Å²) in [5.74, 6) is 0.772. The van der Waals surface area contributed by atoms with Crippen LogP contribution in [0.2, 0.25) is 0 Å². The average Bonchev–Trinajstić information content (AvgIpc) is 3.53. The number of thiazole rings is 1. The molecule has 1 N–H and O–H groups in total. The number of rotatable bonds is 6. The Morgan fingerprint density at radius 3 is 2.69 bits per heavy atom. The van der Waals surface area contributed by atoms with Gasteiger partial charge in [0.15, 0.2) is 5.13 Å². The van der Waals surface area contributed by atoms with E-state index in [1.54, 1.807) is 18.2 Å². The number of nitrogens with one attached hydrogen (secondary N) is 1. The molecule has 0 bridgehead atoms. The standard InChI is InChI=1S/C21H21N9OS/c31-20(17-5-1-2-6-18(17)30-15-23-26-27-30)25-21-24-16(14-32-21)13-28-9-11-29(12-10-28)19-7-3-4-8-22-19/h1-8,14-15H,9-13H2,(H,24,25,31). The Hall–Kier alpha value is -3.70. The quantitative estimate of drug-likeness (QED) is 0.479. The van der Waals surface area contributed by atoms with E-state index in [2.05, 4.69) is 40.6 Å². The van der Waals surface area contributed by atoms with Gasteiger partial charge in [0.05, 0.1) is 16.9 Å². The lowest BCUT2D eigenvalue weighted by Gasteiger charge is -2.35. The van der Waals surface area contributed by atoms with Crippen LogP contribution < -0.4 is 10.2 Å². The van der Waals surface area contributed by atoms with Gasteiger partial charge in [-0.05, 0) is 34.7 Å². The minimum atomic E-state index is -0.249. The van der Waals surface area contributed by atoms with Crippen molar-refractivity contribution < 1.29 is 4.79 Å². The van der Waals surface area contributed by atoms with Crippen molar-refractivity contribution in [1.29, 1.82) is 0 Å². The molecule has 4 heterocycles. The lowest BCUT2D eigenvalue weighted by atomic mass is 10.1. The third-order valence-electron chi connectivity index (χ3n) is 5.25. The first kappa shape index (κ1) is 20.2. The zero-order chi connectivity index (χ0) is 21.8. The number of benzene rings is 1. The molecule has 0 spiro atoms. The molecule has 0 atom stereocenters. The molecule has 0 saturated carbocycles. The van der Waals surface area contributed by atoms with Gasteiger partial charge in [0, 0.05) is 44.3 Å². The zero-order valence-corrected chi connectivity index (χ0v) is 18.0. The monoisotopic (exact) mass is 447 g/mol. The maximum Gasteiger partial charge on any atom is 0.259 e. The van der Waals surface area contributed by atoms with E-state index in [1.807, 2.05) is 35.8 Å². The number of tetrazole rings is 1. The second-order valence-electron chi connectivity index (χ2n) is 7.32. The minimum Gasteiger partial charge on any atom is -0.354 e. The summed E-state index contributed by atoms with van der Waals surface area (Å²) in [6, 6.07) is 13.2. The summed E-state index contributed by atoms with van der Waals surface area (Å²) in [6.07, 6.45) is 3.29. The fourth-order valence-corrected chi connectivity index (χ4v) is 4.34. The molecule has 1 fully saturated rings. The number of carbonyl (C=O) groups is 1. The Bertz CT molecular complexity index is 1170.